The number of nitrogens with zero attached hydrogens (tertiary/aromatic N) is 4. The maximum atomic E-state index is 12.6. The molecule has 4 heterocycles. The van der Waals surface area contributed by atoms with Crippen molar-refractivity contribution in [2.75, 3.05) is 32.7 Å². The van der Waals surface area contributed by atoms with Gasteiger partial charge in [0.05, 0.1) is 5.51 Å². The zero-order valence-corrected chi connectivity index (χ0v) is 16.4. The van der Waals surface area contributed by atoms with E-state index in [1.54, 1.807) is 5.51 Å². The molecular formula is C21H26N4OS. The van der Waals surface area contributed by atoms with Gasteiger partial charge in [-0.05, 0) is 31.5 Å². The van der Waals surface area contributed by atoms with Gasteiger partial charge in [-0.2, -0.15) is 0 Å². The number of carbonyl (C=O) groups excluding carboxylic acids is 1. The highest BCUT2D eigenvalue weighted by atomic mass is 32.1. The SMILES string of the molecule is O=C(c1cscn1)N1C[C@@H]2CN(C3CCN(Cc4ccccc4)CC3)[C@H]2C1. The van der Waals surface area contributed by atoms with Crippen LogP contribution in [0.1, 0.15) is 28.9 Å². The van der Waals surface area contributed by atoms with E-state index in [2.05, 4.69) is 45.1 Å². The van der Waals surface area contributed by atoms with Gasteiger partial charge in [-0.25, -0.2) is 4.98 Å². The first-order chi connectivity index (χ1) is 13.3. The van der Waals surface area contributed by atoms with Crippen molar-refractivity contribution in [3.63, 3.8) is 0 Å². The Bertz CT molecular complexity index is 773. The third-order valence-electron chi connectivity index (χ3n) is 6.49. The van der Waals surface area contributed by atoms with Gasteiger partial charge < -0.3 is 4.90 Å². The van der Waals surface area contributed by atoms with Gasteiger partial charge in [0, 0.05) is 49.6 Å². The van der Waals surface area contributed by atoms with Crippen LogP contribution in [0, 0.1) is 5.92 Å². The summed E-state index contributed by atoms with van der Waals surface area (Å²) >= 11 is 1.49. The predicted octanol–water partition coefficient (Wildman–Crippen LogP) is 2.56. The van der Waals surface area contributed by atoms with Crippen molar-refractivity contribution >= 4 is 17.2 Å². The van der Waals surface area contributed by atoms with E-state index in [-0.39, 0.29) is 5.91 Å². The molecule has 1 amide bonds. The molecule has 0 N–H and O–H groups in total. The molecule has 5 rings (SSSR count). The molecule has 142 valence electrons. The van der Waals surface area contributed by atoms with Crippen molar-refractivity contribution in [1.29, 1.82) is 0 Å². The van der Waals surface area contributed by atoms with Crippen LogP contribution in [0.3, 0.4) is 0 Å². The van der Waals surface area contributed by atoms with E-state index < -0.39 is 0 Å². The topological polar surface area (TPSA) is 39.7 Å². The third-order valence-corrected chi connectivity index (χ3v) is 7.08. The summed E-state index contributed by atoms with van der Waals surface area (Å²) in [5, 5.41) is 1.86. The molecule has 3 aliphatic rings. The first kappa shape index (κ1) is 17.3. The van der Waals surface area contributed by atoms with Crippen LogP contribution in [0.5, 0.6) is 0 Å². The van der Waals surface area contributed by atoms with Crippen LogP contribution in [0.15, 0.2) is 41.2 Å². The first-order valence-electron chi connectivity index (χ1n) is 9.97. The van der Waals surface area contributed by atoms with Crippen LogP contribution >= 0.6 is 11.3 Å². The molecule has 0 saturated carbocycles. The Labute approximate surface area is 164 Å². The Morgan fingerprint density at radius 3 is 2.67 bits per heavy atom. The number of benzene rings is 1. The second kappa shape index (κ2) is 7.34. The maximum Gasteiger partial charge on any atom is 0.273 e. The van der Waals surface area contributed by atoms with Crippen LogP contribution in [-0.4, -0.2) is 70.4 Å². The van der Waals surface area contributed by atoms with Crippen LogP contribution < -0.4 is 0 Å². The van der Waals surface area contributed by atoms with Crippen molar-refractivity contribution in [3.05, 3.63) is 52.5 Å². The number of carbonyl (C=O) groups is 1. The summed E-state index contributed by atoms with van der Waals surface area (Å²) in [6.07, 6.45) is 2.49. The minimum atomic E-state index is 0.114. The lowest BCUT2D eigenvalue weighted by Gasteiger charge is -2.50. The number of hydrogen-bond acceptors (Lipinski definition) is 5. The zero-order chi connectivity index (χ0) is 18.2. The number of rotatable bonds is 4. The fraction of sp³-hybridized carbons (Fsp3) is 0.524. The van der Waals surface area contributed by atoms with E-state index in [1.807, 2.05) is 10.3 Å². The smallest absolute Gasteiger partial charge is 0.273 e. The Kier molecular flexibility index (Phi) is 4.71. The third kappa shape index (κ3) is 3.42. The van der Waals surface area contributed by atoms with Gasteiger partial charge in [0.1, 0.15) is 5.69 Å². The highest BCUT2D eigenvalue weighted by Crippen LogP contribution is 2.37. The fourth-order valence-corrected chi connectivity index (χ4v) is 5.52. The number of thiazole rings is 1. The zero-order valence-electron chi connectivity index (χ0n) is 15.5. The Hall–Kier alpha value is -1.76. The molecule has 1 aromatic carbocycles. The lowest BCUT2D eigenvalue weighted by molar-refractivity contribution is -0.0178. The summed E-state index contributed by atoms with van der Waals surface area (Å²) in [5.74, 6) is 0.776. The Morgan fingerprint density at radius 2 is 1.93 bits per heavy atom. The van der Waals surface area contributed by atoms with Gasteiger partial charge in [-0.3, -0.25) is 14.6 Å². The molecule has 2 atom stereocenters. The standard InChI is InChI=1S/C21H26N4OS/c26-21(19-14-27-15-22-19)24-11-17-12-25(20(17)13-24)18-6-8-23(9-7-18)10-16-4-2-1-3-5-16/h1-5,14-15,17-18,20H,6-13H2/t17-,20+/m1/s1. The van der Waals surface area contributed by atoms with Crippen molar-refractivity contribution < 1.29 is 4.79 Å². The average Bonchev–Trinajstić information content (AvgIpc) is 3.33. The number of amides is 1. The quantitative estimate of drug-likeness (QED) is 0.815. The first-order valence-corrected chi connectivity index (χ1v) is 10.9. The summed E-state index contributed by atoms with van der Waals surface area (Å²) in [7, 11) is 0. The van der Waals surface area contributed by atoms with Gasteiger partial charge in [0.2, 0.25) is 0 Å². The minimum absolute atomic E-state index is 0.114. The monoisotopic (exact) mass is 382 g/mol. The van der Waals surface area contributed by atoms with E-state index in [9.17, 15) is 4.79 Å². The van der Waals surface area contributed by atoms with E-state index in [1.165, 1.54) is 42.8 Å². The summed E-state index contributed by atoms with van der Waals surface area (Å²) in [4.78, 5) is 24.0. The average molecular weight is 383 g/mol. The minimum Gasteiger partial charge on any atom is -0.335 e. The Balaban J connectivity index is 1.13. The van der Waals surface area contributed by atoms with Gasteiger partial charge in [0.25, 0.3) is 5.91 Å². The number of likely N-dealkylation sites (tertiary alicyclic amines) is 3. The molecule has 3 aliphatic heterocycles. The fourth-order valence-electron chi connectivity index (χ4n) is 4.99. The van der Waals surface area contributed by atoms with Crippen molar-refractivity contribution in [2.45, 2.75) is 31.5 Å². The van der Waals surface area contributed by atoms with Crippen molar-refractivity contribution in [1.82, 2.24) is 19.7 Å². The molecule has 1 aromatic heterocycles. The van der Waals surface area contributed by atoms with Crippen molar-refractivity contribution in [2.24, 2.45) is 5.92 Å². The van der Waals surface area contributed by atoms with Gasteiger partial charge in [-0.1, -0.05) is 30.3 Å². The normalized spacial score (nSPS) is 26.7. The van der Waals surface area contributed by atoms with Crippen LogP contribution in [0.4, 0.5) is 0 Å². The molecule has 3 fully saturated rings. The van der Waals surface area contributed by atoms with Crippen LogP contribution in [0.25, 0.3) is 0 Å². The molecule has 0 bridgehead atoms. The molecular weight excluding hydrogens is 356 g/mol. The summed E-state index contributed by atoms with van der Waals surface area (Å²) in [5.41, 5.74) is 3.77. The number of aromatic nitrogens is 1. The summed E-state index contributed by atoms with van der Waals surface area (Å²) in [6, 6.07) is 12.0. The molecule has 27 heavy (non-hydrogen) atoms. The molecule has 3 saturated heterocycles. The summed E-state index contributed by atoms with van der Waals surface area (Å²) < 4.78 is 0. The molecule has 6 heteroatoms. The van der Waals surface area contributed by atoms with Crippen molar-refractivity contribution in [3.8, 4) is 0 Å². The molecule has 0 unspecified atom stereocenters. The molecule has 2 aromatic rings. The molecule has 5 nitrogen and oxygen atoms in total. The number of fused-ring (bicyclic) bond motifs is 1. The van der Waals surface area contributed by atoms with Gasteiger partial charge in [-0.15, -0.1) is 11.3 Å². The van der Waals surface area contributed by atoms with E-state index >= 15 is 0 Å². The Morgan fingerprint density at radius 1 is 1.11 bits per heavy atom. The number of hydrogen-bond donors (Lipinski definition) is 0. The lowest BCUT2D eigenvalue weighted by Crippen LogP contribution is -2.61. The van der Waals surface area contributed by atoms with Crippen LogP contribution in [0.2, 0.25) is 0 Å². The molecule has 0 spiro atoms. The molecule has 0 aliphatic carbocycles. The lowest BCUT2D eigenvalue weighted by atomic mass is 9.87. The van der Waals surface area contributed by atoms with E-state index in [0.29, 0.717) is 23.7 Å². The van der Waals surface area contributed by atoms with E-state index in [0.717, 1.165) is 26.2 Å². The second-order valence-corrected chi connectivity index (χ2v) is 8.82. The highest BCUT2D eigenvalue weighted by Gasteiger charge is 2.49. The second-order valence-electron chi connectivity index (χ2n) is 8.10. The number of piperidine rings is 1. The highest BCUT2D eigenvalue weighted by molar-refractivity contribution is 7.07. The van der Waals surface area contributed by atoms with Crippen LogP contribution in [-0.2, 0) is 6.54 Å². The van der Waals surface area contributed by atoms with Gasteiger partial charge >= 0.3 is 0 Å². The largest absolute Gasteiger partial charge is 0.335 e. The predicted molar refractivity (Wildman–Crippen MR) is 107 cm³/mol. The molecule has 0 radical (unpaired) electrons. The van der Waals surface area contributed by atoms with Gasteiger partial charge in [0.15, 0.2) is 0 Å². The van der Waals surface area contributed by atoms with E-state index in [4.69, 9.17) is 0 Å². The summed E-state index contributed by atoms with van der Waals surface area (Å²) in [6.45, 7) is 6.36. The maximum absolute atomic E-state index is 12.6.